The third-order valence-electron chi connectivity index (χ3n) is 7.02. The van der Waals surface area contributed by atoms with Crippen LogP contribution in [0.5, 0.6) is 0 Å². The van der Waals surface area contributed by atoms with Gasteiger partial charge in [-0.15, -0.1) is 0 Å². The second-order valence-electron chi connectivity index (χ2n) is 8.70. The van der Waals surface area contributed by atoms with Crippen LogP contribution < -0.4 is 4.90 Å². The first-order valence-electron chi connectivity index (χ1n) is 11.0. The first-order chi connectivity index (χ1) is 14.2. The van der Waals surface area contributed by atoms with Crippen molar-refractivity contribution in [1.82, 2.24) is 4.90 Å². The van der Waals surface area contributed by atoms with E-state index in [-0.39, 0.29) is 23.7 Å². The number of para-hydroxylation sites is 1. The predicted octanol–water partition coefficient (Wildman–Crippen LogP) is 3.97. The minimum atomic E-state index is 0.0623. The van der Waals surface area contributed by atoms with Crippen LogP contribution in [0.25, 0.3) is 0 Å². The van der Waals surface area contributed by atoms with E-state index in [0.717, 1.165) is 63.8 Å². The second kappa shape index (κ2) is 7.66. The van der Waals surface area contributed by atoms with Crippen molar-refractivity contribution in [1.29, 1.82) is 0 Å². The zero-order valence-corrected chi connectivity index (χ0v) is 16.8. The molecule has 5 rings (SSSR count). The topological polar surface area (TPSA) is 40.6 Å². The van der Waals surface area contributed by atoms with Gasteiger partial charge in [0.25, 0.3) is 0 Å². The van der Waals surface area contributed by atoms with Crippen molar-refractivity contribution in [3.8, 4) is 0 Å². The summed E-state index contributed by atoms with van der Waals surface area (Å²) < 4.78 is 0. The number of anilines is 1. The Morgan fingerprint density at radius 2 is 1.28 bits per heavy atom. The van der Waals surface area contributed by atoms with Crippen LogP contribution in [0.2, 0.25) is 0 Å². The average molecular weight is 389 g/mol. The molecule has 1 fully saturated rings. The van der Waals surface area contributed by atoms with Crippen LogP contribution in [0.3, 0.4) is 0 Å². The van der Waals surface area contributed by atoms with E-state index >= 15 is 0 Å². The van der Waals surface area contributed by atoms with Gasteiger partial charge in [-0.3, -0.25) is 9.59 Å². The number of hydrogen-bond donors (Lipinski definition) is 0. The summed E-state index contributed by atoms with van der Waals surface area (Å²) in [6.07, 6.45) is 5.23. The Bertz CT molecular complexity index is 930. The Kier molecular flexibility index (Phi) is 4.86. The van der Waals surface area contributed by atoms with Crippen LogP contribution in [-0.2, 0) is 29.0 Å². The summed E-state index contributed by atoms with van der Waals surface area (Å²) in [4.78, 5) is 30.2. The van der Waals surface area contributed by atoms with Crippen molar-refractivity contribution in [3.05, 3.63) is 65.2 Å². The zero-order valence-electron chi connectivity index (χ0n) is 16.8. The molecule has 29 heavy (non-hydrogen) atoms. The Balaban J connectivity index is 1.19. The van der Waals surface area contributed by atoms with Gasteiger partial charge in [-0.05, 0) is 61.3 Å². The van der Waals surface area contributed by atoms with Crippen LogP contribution in [0.4, 0.5) is 5.69 Å². The van der Waals surface area contributed by atoms with Gasteiger partial charge < -0.3 is 9.80 Å². The summed E-state index contributed by atoms with van der Waals surface area (Å²) in [6, 6.07) is 16.7. The Labute approximate surface area is 172 Å². The molecule has 0 unspecified atom stereocenters. The van der Waals surface area contributed by atoms with E-state index in [2.05, 4.69) is 36.4 Å². The van der Waals surface area contributed by atoms with Crippen molar-refractivity contribution in [2.24, 2.45) is 11.8 Å². The molecular formula is C25H28N2O2. The lowest BCUT2D eigenvalue weighted by molar-refractivity contribution is -0.139. The van der Waals surface area contributed by atoms with Gasteiger partial charge in [0.05, 0.1) is 0 Å². The molecule has 0 N–H and O–H groups in total. The van der Waals surface area contributed by atoms with Gasteiger partial charge in [0.1, 0.15) is 0 Å². The van der Waals surface area contributed by atoms with E-state index in [1.54, 1.807) is 0 Å². The highest BCUT2D eigenvalue weighted by atomic mass is 16.2. The quantitative estimate of drug-likeness (QED) is 0.781. The predicted molar refractivity (Wildman–Crippen MR) is 114 cm³/mol. The SMILES string of the molecule is O=C(C1CCC(C(=O)N2CCc3ccccc32)CC1)N1CCc2ccccc2C1. The number of carbonyl (C=O) groups excluding carboxylic acids is 2. The van der Waals surface area contributed by atoms with Crippen molar-refractivity contribution >= 4 is 17.5 Å². The Morgan fingerprint density at radius 3 is 2.03 bits per heavy atom. The van der Waals surface area contributed by atoms with Crippen LogP contribution in [-0.4, -0.2) is 29.8 Å². The van der Waals surface area contributed by atoms with E-state index in [1.165, 1.54) is 16.7 Å². The average Bonchev–Trinajstić information content (AvgIpc) is 3.22. The van der Waals surface area contributed by atoms with E-state index in [9.17, 15) is 9.59 Å². The third-order valence-corrected chi connectivity index (χ3v) is 7.02. The minimum absolute atomic E-state index is 0.0623. The van der Waals surface area contributed by atoms with Gasteiger partial charge in [-0.2, -0.15) is 0 Å². The van der Waals surface area contributed by atoms with Gasteiger partial charge in [0.2, 0.25) is 11.8 Å². The third kappa shape index (κ3) is 3.45. The smallest absolute Gasteiger partial charge is 0.230 e. The number of carbonyl (C=O) groups is 2. The fourth-order valence-corrected chi connectivity index (χ4v) is 5.32. The molecule has 2 aromatic carbocycles. The molecule has 0 aromatic heterocycles. The summed E-state index contributed by atoms with van der Waals surface area (Å²) in [6.45, 7) is 2.35. The van der Waals surface area contributed by atoms with Crippen LogP contribution in [0.1, 0.15) is 42.4 Å². The Morgan fingerprint density at radius 1 is 0.690 bits per heavy atom. The molecule has 2 aromatic rings. The standard InChI is InChI=1S/C25H28N2O2/c28-24(26-15-13-18-5-1-2-7-22(18)17-26)20-9-11-21(12-10-20)25(29)27-16-14-19-6-3-4-8-23(19)27/h1-8,20-21H,9-17H2. The van der Waals surface area contributed by atoms with Crippen molar-refractivity contribution in [2.75, 3.05) is 18.0 Å². The summed E-state index contributed by atoms with van der Waals surface area (Å²) in [7, 11) is 0. The van der Waals surface area contributed by atoms with E-state index in [1.807, 2.05) is 21.9 Å². The Hall–Kier alpha value is -2.62. The van der Waals surface area contributed by atoms with Gasteiger partial charge >= 0.3 is 0 Å². The van der Waals surface area contributed by atoms with E-state index in [4.69, 9.17) is 0 Å². The van der Waals surface area contributed by atoms with E-state index < -0.39 is 0 Å². The van der Waals surface area contributed by atoms with E-state index in [0.29, 0.717) is 0 Å². The van der Waals surface area contributed by atoms with Crippen LogP contribution in [0.15, 0.2) is 48.5 Å². The molecule has 2 amide bonds. The number of rotatable bonds is 2. The number of benzene rings is 2. The summed E-state index contributed by atoms with van der Waals surface area (Å²) in [5.41, 5.74) is 5.01. The highest BCUT2D eigenvalue weighted by Crippen LogP contribution is 2.35. The fourth-order valence-electron chi connectivity index (χ4n) is 5.32. The molecule has 0 spiro atoms. The normalized spacial score (nSPS) is 23.4. The number of amides is 2. The molecule has 3 aliphatic rings. The largest absolute Gasteiger partial charge is 0.338 e. The fraction of sp³-hybridized carbons (Fsp3) is 0.440. The monoisotopic (exact) mass is 388 g/mol. The molecule has 0 radical (unpaired) electrons. The molecule has 150 valence electrons. The number of fused-ring (bicyclic) bond motifs is 2. The van der Waals surface area contributed by atoms with Crippen molar-refractivity contribution in [3.63, 3.8) is 0 Å². The molecule has 2 heterocycles. The highest BCUT2D eigenvalue weighted by Gasteiger charge is 2.36. The van der Waals surface area contributed by atoms with Crippen LogP contribution in [0, 0.1) is 11.8 Å². The maximum absolute atomic E-state index is 13.1. The van der Waals surface area contributed by atoms with Crippen molar-refractivity contribution in [2.45, 2.75) is 45.1 Å². The molecular weight excluding hydrogens is 360 g/mol. The first kappa shape index (κ1) is 18.4. The summed E-state index contributed by atoms with van der Waals surface area (Å²) >= 11 is 0. The highest BCUT2D eigenvalue weighted by molar-refractivity contribution is 5.97. The summed E-state index contributed by atoms with van der Waals surface area (Å²) in [5, 5.41) is 0. The van der Waals surface area contributed by atoms with Crippen LogP contribution >= 0.6 is 0 Å². The summed E-state index contributed by atoms with van der Waals surface area (Å²) in [5.74, 6) is 0.687. The first-order valence-corrected chi connectivity index (χ1v) is 11.0. The molecule has 0 bridgehead atoms. The second-order valence-corrected chi connectivity index (χ2v) is 8.70. The lowest BCUT2D eigenvalue weighted by Crippen LogP contribution is -2.42. The van der Waals surface area contributed by atoms with Gasteiger partial charge in [-0.1, -0.05) is 42.5 Å². The van der Waals surface area contributed by atoms with Crippen molar-refractivity contribution < 1.29 is 9.59 Å². The van der Waals surface area contributed by atoms with Gasteiger partial charge in [0, 0.05) is 37.2 Å². The molecule has 0 atom stereocenters. The zero-order chi connectivity index (χ0) is 19.8. The molecule has 0 saturated heterocycles. The molecule has 1 saturated carbocycles. The maximum atomic E-state index is 13.1. The lowest BCUT2D eigenvalue weighted by atomic mass is 9.80. The van der Waals surface area contributed by atoms with Gasteiger partial charge in [-0.25, -0.2) is 0 Å². The minimum Gasteiger partial charge on any atom is -0.338 e. The molecule has 2 aliphatic heterocycles. The molecule has 4 heteroatoms. The molecule has 4 nitrogen and oxygen atoms in total. The van der Waals surface area contributed by atoms with Gasteiger partial charge in [0.15, 0.2) is 0 Å². The maximum Gasteiger partial charge on any atom is 0.230 e. The molecule has 1 aliphatic carbocycles. The lowest BCUT2D eigenvalue weighted by Gasteiger charge is -2.35. The number of nitrogens with zero attached hydrogens (tertiary/aromatic N) is 2. The number of hydrogen-bond acceptors (Lipinski definition) is 2.